The van der Waals surface area contributed by atoms with Gasteiger partial charge in [-0.25, -0.2) is 0 Å². The van der Waals surface area contributed by atoms with Crippen LogP contribution in [0.2, 0.25) is 0 Å². The van der Waals surface area contributed by atoms with Crippen LogP contribution in [0.5, 0.6) is 0 Å². The van der Waals surface area contributed by atoms with E-state index in [-0.39, 0.29) is 0 Å². The summed E-state index contributed by atoms with van der Waals surface area (Å²) in [6, 6.07) is 13.6. The highest BCUT2D eigenvalue weighted by Gasteiger charge is 2.43. The van der Waals surface area contributed by atoms with Crippen LogP contribution in [0.15, 0.2) is 48.8 Å². The van der Waals surface area contributed by atoms with Crippen LogP contribution in [-0.4, -0.2) is 47.6 Å². The smallest absolute Gasteiger partial charge is 0.0703 e. The van der Waals surface area contributed by atoms with E-state index in [1.54, 1.807) is 0 Å². The highest BCUT2D eigenvalue weighted by atomic mass is 15.3. The molecular weight excluding hydrogens is 284 g/mol. The molecule has 4 heteroatoms. The molecule has 4 heterocycles. The minimum Gasteiger partial charge on any atom is -0.368 e. The van der Waals surface area contributed by atoms with Crippen molar-refractivity contribution < 1.29 is 0 Å². The molecular formula is C19H20N4. The second-order valence-corrected chi connectivity index (χ2v) is 6.85. The Morgan fingerprint density at radius 2 is 2.04 bits per heavy atom. The van der Waals surface area contributed by atoms with E-state index >= 15 is 0 Å². The van der Waals surface area contributed by atoms with Crippen LogP contribution in [0.4, 0.5) is 5.69 Å². The number of pyridine rings is 1. The van der Waals surface area contributed by atoms with Crippen LogP contribution in [0.3, 0.4) is 0 Å². The van der Waals surface area contributed by atoms with Gasteiger partial charge in [-0.1, -0.05) is 6.07 Å². The largest absolute Gasteiger partial charge is 0.368 e. The van der Waals surface area contributed by atoms with Crippen molar-refractivity contribution in [1.82, 2.24) is 14.9 Å². The monoisotopic (exact) mass is 304 g/mol. The lowest BCUT2D eigenvalue weighted by Gasteiger charge is -2.40. The van der Waals surface area contributed by atoms with Gasteiger partial charge in [-0.2, -0.15) is 0 Å². The average Bonchev–Trinajstić information content (AvgIpc) is 3.18. The van der Waals surface area contributed by atoms with E-state index in [2.05, 4.69) is 58.2 Å². The van der Waals surface area contributed by atoms with Gasteiger partial charge in [0.15, 0.2) is 0 Å². The SMILES string of the molecule is CN1C[C@H]2CN(c3ccc(-c4ccc5[nH]ccc5c4)nc3)C[C@@H]21. The number of likely N-dealkylation sites (N-methyl/N-ethyl adjacent to an activating group) is 1. The van der Waals surface area contributed by atoms with Gasteiger partial charge < -0.3 is 14.8 Å². The lowest BCUT2D eigenvalue weighted by Crippen LogP contribution is -2.52. The Morgan fingerprint density at radius 3 is 2.83 bits per heavy atom. The van der Waals surface area contributed by atoms with Gasteiger partial charge in [0.2, 0.25) is 0 Å². The maximum absolute atomic E-state index is 4.71. The number of nitrogens with one attached hydrogen (secondary N) is 1. The van der Waals surface area contributed by atoms with E-state index in [0.717, 1.165) is 24.2 Å². The van der Waals surface area contributed by atoms with Crippen LogP contribution >= 0.6 is 0 Å². The van der Waals surface area contributed by atoms with Crippen molar-refractivity contribution in [3.63, 3.8) is 0 Å². The third kappa shape index (κ3) is 2.05. The molecule has 1 N–H and O–H groups in total. The van der Waals surface area contributed by atoms with Crippen molar-refractivity contribution in [2.75, 3.05) is 31.6 Å². The maximum atomic E-state index is 4.71. The number of fused-ring (bicyclic) bond motifs is 2. The van der Waals surface area contributed by atoms with Gasteiger partial charge in [-0.15, -0.1) is 0 Å². The number of aromatic nitrogens is 2. The van der Waals surface area contributed by atoms with E-state index in [1.807, 2.05) is 12.4 Å². The fraction of sp³-hybridized carbons (Fsp3) is 0.316. The molecule has 0 amide bonds. The number of hydrogen-bond donors (Lipinski definition) is 1. The van der Waals surface area contributed by atoms with Crippen LogP contribution in [-0.2, 0) is 0 Å². The molecule has 3 aromatic rings. The zero-order valence-electron chi connectivity index (χ0n) is 13.2. The van der Waals surface area contributed by atoms with Crippen molar-refractivity contribution in [3.8, 4) is 11.3 Å². The van der Waals surface area contributed by atoms with E-state index in [4.69, 9.17) is 4.98 Å². The van der Waals surface area contributed by atoms with Crippen LogP contribution in [0, 0.1) is 5.92 Å². The summed E-state index contributed by atoms with van der Waals surface area (Å²) in [5, 5.41) is 1.23. The summed E-state index contributed by atoms with van der Waals surface area (Å²) in [4.78, 5) is 12.9. The third-order valence-electron chi connectivity index (χ3n) is 5.46. The average molecular weight is 304 g/mol. The molecule has 2 aromatic heterocycles. The molecule has 4 nitrogen and oxygen atoms in total. The molecule has 0 spiro atoms. The van der Waals surface area contributed by atoms with E-state index < -0.39 is 0 Å². The maximum Gasteiger partial charge on any atom is 0.0703 e. The van der Waals surface area contributed by atoms with Crippen molar-refractivity contribution in [2.45, 2.75) is 6.04 Å². The van der Waals surface area contributed by atoms with Crippen molar-refractivity contribution in [1.29, 1.82) is 0 Å². The molecule has 0 aliphatic carbocycles. The fourth-order valence-corrected chi connectivity index (χ4v) is 4.07. The summed E-state index contributed by atoms with van der Waals surface area (Å²) >= 11 is 0. The van der Waals surface area contributed by atoms with Gasteiger partial charge in [0.05, 0.1) is 17.6 Å². The van der Waals surface area contributed by atoms with Crippen LogP contribution < -0.4 is 4.90 Å². The first-order chi connectivity index (χ1) is 11.3. The third-order valence-corrected chi connectivity index (χ3v) is 5.46. The van der Waals surface area contributed by atoms with Crippen LogP contribution in [0.25, 0.3) is 22.2 Å². The second-order valence-electron chi connectivity index (χ2n) is 6.85. The summed E-state index contributed by atoms with van der Waals surface area (Å²) < 4.78 is 0. The minimum atomic E-state index is 0.741. The quantitative estimate of drug-likeness (QED) is 0.790. The van der Waals surface area contributed by atoms with Gasteiger partial charge in [0, 0.05) is 54.3 Å². The first kappa shape index (κ1) is 13.1. The number of rotatable bonds is 2. The summed E-state index contributed by atoms with van der Waals surface area (Å²) in [7, 11) is 2.23. The van der Waals surface area contributed by atoms with E-state index in [0.29, 0.717) is 0 Å². The Labute approximate surface area is 135 Å². The number of benzene rings is 1. The number of likely N-dealkylation sites (tertiary alicyclic amines) is 1. The predicted molar refractivity (Wildman–Crippen MR) is 93.7 cm³/mol. The lowest BCUT2D eigenvalue weighted by atomic mass is 9.93. The molecule has 0 saturated carbocycles. The van der Waals surface area contributed by atoms with E-state index in [9.17, 15) is 0 Å². The van der Waals surface area contributed by atoms with Crippen LogP contribution in [0.1, 0.15) is 0 Å². The Morgan fingerprint density at radius 1 is 1.09 bits per heavy atom. The van der Waals surface area contributed by atoms with E-state index in [1.165, 1.54) is 35.2 Å². The van der Waals surface area contributed by atoms with Crippen molar-refractivity contribution in [2.24, 2.45) is 5.92 Å². The molecule has 23 heavy (non-hydrogen) atoms. The molecule has 1 aromatic carbocycles. The van der Waals surface area contributed by atoms with Gasteiger partial charge in [0.1, 0.15) is 0 Å². The second kappa shape index (κ2) is 4.83. The van der Waals surface area contributed by atoms with Crippen molar-refractivity contribution >= 4 is 16.6 Å². The Kier molecular flexibility index (Phi) is 2.76. The lowest BCUT2D eigenvalue weighted by molar-refractivity contribution is 0.0827. The molecule has 2 aliphatic rings. The summed E-state index contributed by atoms with van der Waals surface area (Å²) in [6.07, 6.45) is 4.01. The highest BCUT2D eigenvalue weighted by molar-refractivity contribution is 5.84. The molecule has 5 rings (SSSR count). The normalized spacial score (nSPS) is 24.0. The number of anilines is 1. The zero-order chi connectivity index (χ0) is 15.4. The first-order valence-electron chi connectivity index (χ1n) is 8.27. The standard InChI is InChI=1S/C19H20N4/c1-22-10-15-11-23(12-19(15)22)16-3-5-18(21-9-16)13-2-4-17-14(8-13)6-7-20-17/h2-9,15,19-20H,10-12H2,1H3/t15-,19-/m0/s1. The summed E-state index contributed by atoms with van der Waals surface area (Å²) in [5.74, 6) is 0.843. The molecule has 2 aliphatic heterocycles. The van der Waals surface area contributed by atoms with Gasteiger partial charge in [0.25, 0.3) is 0 Å². The molecule has 0 radical (unpaired) electrons. The molecule has 116 valence electrons. The van der Waals surface area contributed by atoms with Crippen molar-refractivity contribution in [3.05, 3.63) is 48.8 Å². The predicted octanol–water partition coefficient (Wildman–Crippen LogP) is 2.98. The highest BCUT2D eigenvalue weighted by Crippen LogP contribution is 2.34. The zero-order valence-corrected chi connectivity index (χ0v) is 13.2. The van der Waals surface area contributed by atoms with Gasteiger partial charge in [-0.05, 0) is 37.4 Å². The molecule has 2 atom stereocenters. The molecule has 2 saturated heterocycles. The minimum absolute atomic E-state index is 0.741. The Balaban J connectivity index is 1.41. The number of H-pyrrole nitrogens is 1. The topological polar surface area (TPSA) is 35.2 Å². The van der Waals surface area contributed by atoms with Gasteiger partial charge in [-0.3, -0.25) is 4.98 Å². The molecule has 2 fully saturated rings. The van der Waals surface area contributed by atoms with Gasteiger partial charge >= 0.3 is 0 Å². The molecule has 0 unspecified atom stereocenters. The Bertz CT molecular complexity index is 851. The fourth-order valence-electron chi connectivity index (χ4n) is 4.07. The first-order valence-corrected chi connectivity index (χ1v) is 8.27. The summed E-state index contributed by atoms with van der Waals surface area (Å²) in [6.45, 7) is 3.55. The molecule has 0 bridgehead atoms. The summed E-state index contributed by atoms with van der Waals surface area (Å²) in [5.41, 5.74) is 4.63. The Hall–Kier alpha value is -2.33. The number of hydrogen-bond acceptors (Lipinski definition) is 3. The number of nitrogens with zero attached hydrogens (tertiary/aromatic N) is 3. The number of aromatic amines is 1.